The van der Waals surface area contributed by atoms with Gasteiger partial charge in [-0.25, -0.2) is 4.98 Å². The van der Waals surface area contributed by atoms with Crippen LogP contribution in [0.15, 0.2) is 6.07 Å². The summed E-state index contributed by atoms with van der Waals surface area (Å²) in [4.78, 5) is 11.4. The molecule has 0 aromatic carbocycles. The van der Waals surface area contributed by atoms with Crippen molar-refractivity contribution in [3.63, 3.8) is 0 Å². The third-order valence-electron chi connectivity index (χ3n) is 3.18. The lowest BCUT2D eigenvalue weighted by Gasteiger charge is -2.16. The van der Waals surface area contributed by atoms with Crippen molar-refractivity contribution < 1.29 is 5.11 Å². The van der Waals surface area contributed by atoms with Crippen molar-refractivity contribution in [2.24, 2.45) is 0 Å². The van der Waals surface area contributed by atoms with E-state index in [1.165, 1.54) is 4.88 Å². The fraction of sp³-hybridized carbons (Fsp3) is 0.571. The summed E-state index contributed by atoms with van der Waals surface area (Å²) in [5, 5.41) is 16.9. The molecule has 2 rings (SSSR count). The number of hydrogen-bond donors (Lipinski definition) is 3. The van der Waals surface area contributed by atoms with Gasteiger partial charge < -0.3 is 15.7 Å². The van der Waals surface area contributed by atoms with Crippen LogP contribution in [-0.4, -0.2) is 34.3 Å². The van der Waals surface area contributed by atoms with E-state index in [1.807, 2.05) is 13.8 Å². The predicted octanol–water partition coefficient (Wildman–Crippen LogP) is 2.87. The van der Waals surface area contributed by atoms with Gasteiger partial charge in [0.2, 0.25) is 5.95 Å². The molecule has 5 nitrogen and oxygen atoms in total. The molecule has 1 atom stereocenters. The zero-order valence-corrected chi connectivity index (χ0v) is 13.0. The molecular weight excluding hydrogens is 272 g/mol. The molecule has 20 heavy (non-hydrogen) atoms. The Labute approximate surface area is 123 Å². The van der Waals surface area contributed by atoms with E-state index in [4.69, 9.17) is 0 Å². The monoisotopic (exact) mass is 294 g/mol. The molecule has 0 bridgehead atoms. The highest BCUT2D eigenvalue weighted by Gasteiger charge is 2.13. The van der Waals surface area contributed by atoms with Crippen LogP contribution in [-0.2, 0) is 6.42 Å². The van der Waals surface area contributed by atoms with Crippen LogP contribution in [0.2, 0.25) is 0 Å². The molecule has 1 unspecified atom stereocenters. The van der Waals surface area contributed by atoms with Gasteiger partial charge in [-0.1, -0.05) is 13.8 Å². The molecule has 3 N–H and O–H groups in total. The van der Waals surface area contributed by atoms with Crippen LogP contribution in [0.5, 0.6) is 0 Å². The molecule has 0 aliphatic rings. The molecule has 2 aromatic heterocycles. The third kappa shape index (κ3) is 3.19. The van der Waals surface area contributed by atoms with Gasteiger partial charge in [-0.15, -0.1) is 11.3 Å². The maximum absolute atomic E-state index is 9.36. The molecule has 110 valence electrons. The topological polar surface area (TPSA) is 70.1 Å². The average molecular weight is 294 g/mol. The van der Waals surface area contributed by atoms with Crippen LogP contribution in [0.25, 0.3) is 10.2 Å². The molecule has 0 saturated heterocycles. The lowest BCUT2D eigenvalue weighted by molar-refractivity contribution is 0.271. The first-order valence-corrected chi connectivity index (χ1v) is 7.95. The zero-order chi connectivity index (χ0) is 14.5. The van der Waals surface area contributed by atoms with E-state index in [0.29, 0.717) is 5.95 Å². The van der Waals surface area contributed by atoms with Gasteiger partial charge in [-0.3, -0.25) is 0 Å². The van der Waals surface area contributed by atoms with Crippen LogP contribution in [0.3, 0.4) is 0 Å². The number of aliphatic hydroxyl groups is 1. The number of nitrogens with zero attached hydrogens (tertiary/aromatic N) is 2. The maximum atomic E-state index is 9.36. The van der Waals surface area contributed by atoms with Gasteiger partial charge in [0, 0.05) is 11.4 Å². The maximum Gasteiger partial charge on any atom is 0.226 e. The number of aromatic nitrogens is 2. The summed E-state index contributed by atoms with van der Waals surface area (Å²) in [6.45, 7) is 7.09. The number of hydrogen-bond acceptors (Lipinski definition) is 6. The second kappa shape index (κ2) is 6.85. The summed E-state index contributed by atoms with van der Waals surface area (Å²) < 4.78 is 0. The molecule has 6 heteroatoms. The second-order valence-electron chi connectivity index (χ2n) is 4.64. The van der Waals surface area contributed by atoms with Crippen molar-refractivity contribution >= 4 is 33.3 Å². The molecule has 2 heterocycles. The fourth-order valence-corrected chi connectivity index (χ4v) is 2.93. The molecule has 0 aliphatic heterocycles. The minimum Gasteiger partial charge on any atom is -0.394 e. The predicted molar refractivity (Wildman–Crippen MR) is 85.7 cm³/mol. The van der Waals surface area contributed by atoms with Crippen molar-refractivity contribution in [1.82, 2.24) is 9.97 Å². The van der Waals surface area contributed by atoms with Gasteiger partial charge in [-0.2, -0.15) is 4.98 Å². The number of aryl methyl sites for hydroxylation is 1. The minimum absolute atomic E-state index is 0.0209. The van der Waals surface area contributed by atoms with Gasteiger partial charge in [-0.05, 0) is 25.8 Å². The molecule has 0 amide bonds. The minimum atomic E-state index is 0.0209. The average Bonchev–Trinajstić information content (AvgIpc) is 2.88. The van der Waals surface area contributed by atoms with E-state index >= 15 is 0 Å². The Morgan fingerprint density at radius 3 is 2.70 bits per heavy atom. The van der Waals surface area contributed by atoms with Gasteiger partial charge in [0.05, 0.1) is 18.0 Å². The van der Waals surface area contributed by atoms with E-state index in [0.717, 1.165) is 35.4 Å². The summed E-state index contributed by atoms with van der Waals surface area (Å²) >= 11 is 1.70. The van der Waals surface area contributed by atoms with Crippen molar-refractivity contribution in [3.8, 4) is 0 Å². The Morgan fingerprint density at radius 1 is 1.30 bits per heavy atom. The van der Waals surface area contributed by atoms with E-state index in [1.54, 1.807) is 11.3 Å². The number of fused-ring (bicyclic) bond motifs is 1. The zero-order valence-electron chi connectivity index (χ0n) is 12.2. The lowest BCUT2D eigenvalue weighted by Crippen LogP contribution is -2.23. The SMILES string of the molecule is CCNc1nc(NC(CC)CO)c2cc(CC)sc2n1. The van der Waals surface area contributed by atoms with E-state index in [-0.39, 0.29) is 12.6 Å². The first-order chi connectivity index (χ1) is 9.71. The molecule has 0 fully saturated rings. The standard InChI is InChI=1S/C14H22N4OS/c1-4-9(8-19)16-12-11-7-10(5-2)20-13(11)18-14(17-12)15-6-3/h7,9,19H,4-6,8H2,1-3H3,(H2,15,16,17,18). The van der Waals surface area contributed by atoms with Crippen LogP contribution in [0.4, 0.5) is 11.8 Å². The third-order valence-corrected chi connectivity index (χ3v) is 4.35. The Morgan fingerprint density at radius 2 is 2.10 bits per heavy atom. The van der Waals surface area contributed by atoms with Crippen molar-refractivity contribution in [2.45, 2.75) is 39.7 Å². The molecule has 2 aromatic rings. The van der Waals surface area contributed by atoms with Crippen molar-refractivity contribution in [2.75, 3.05) is 23.8 Å². The summed E-state index contributed by atoms with van der Waals surface area (Å²) in [6, 6.07) is 2.16. The van der Waals surface area contributed by atoms with E-state index in [2.05, 4.69) is 33.6 Å². The molecule has 0 aliphatic carbocycles. The number of aliphatic hydroxyl groups excluding tert-OH is 1. The van der Waals surface area contributed by atoms with Crippen LogP contribution >= 0.6 is 11.3 Å². The first-order valence-electron chi connectivity index (χ1n) is 7.13. The van der Waals surface area contributed by atoms with E-state index < -0.39 is 0 Å². The summed E-state index contributed by atoms with van der Waals surface area (Å²) in [5.41, 5.74) is 0. The Kier molecular flexibility index (Phi) is 5.14. The van der Waals surface area contributed by atoms with Crippen LogP contribution < -0.4 is 10.6 Å². The van der Waals surface area contributed by atoms with Crippen molar-refractivity contribution in [1.29, 1.82) is 0 Å². The fourth-order valence-electron chi connectivity index (χ4n) is 1.96. The number of rotatable bonds is 7. The highest BCUT2D eigenvalue weighted by Crippen LogP contribution is 2.30. The Bertz CT molecular complexity index is 566. The Balaban J connectivity index is 2.44. The second-order valence-corrected chi connectivity index (χ2v) is 5.76. The number of anilines is 2. The van der Waals surface area contributed by atoms with Crippen molar-refractivity contribution in [3.05, 3.63) is 10.9 Å². The quantitative estimate of drug-likeness (QED) is 0.732. The Hall–Kier alpha value is -1.40. The largest absolute Gasteiger partial charge is 0.394 e. The summed E-state index contributed by atoms with van der Waals surface area (Å²) in [6.07, 6.45) is 1.84. The highest BCUT2D eigenvalue weighted by atomic mass is 32.1. The number of thiophene rings is 1. The van der Waals surface area contributed by atoms with Gasteiger partial charge >= 0.3 is 0 Å². The van der Waals surface area contributed by atoms with Crippen LogP contribution in [0.1, 0.15) is 32.1 Å². The molecule has 0 radical (unpaired) electrons. The van der Waals surface area contributed by atoms with Gasteiger partial charge in [0.1, 0.15) is 10.6 Å². The highest BCUT2D eigenvalue weighted by molar-refractivity contribution is 7.18. The first kappa shape index (κ1) is 15.0. The molecule has 0 spiro atoms. The normalized spacial score (nSPS) is 12.6. The van der Waals surface area contributed by atoms with Gasteiger partial charge in [0.15, 0.2) is 0 Å². The summed E-state index contributed by atoms with van der Waals surface area (Å²) in [7, 11) is 0. The smallest absolute Gasteiger partial charge is 0.226 e. The molecular formula is C14H22N4OS. The lowest BCUT2D eigenvalue weighted by atomic mass is 10.2. The van der Waals surface area contributed by atoms with E-state index in [9.17, 15) is 5.11 Å². The summed E-state index contributed by atoms with van der Waals surface area (Å²) in [5.74, 6) is 1.45. The van der Waals surface area contributed by atoms with Gasteiger partial charge in [0.25, 0.3) is 0 Å². The van der Waals surface area contributed by atoms with Crippen LogP contribution in [0, 0.1) is 0 Å². The number of nitrogens with one attached hydrogen (secondary N) is 2. The molecule has 0 saturated carbocycles.